The highest BCUT2D eigenvalue weighted by Crippen LogP contribution is 2.27. The normalized spacial score (nSPS) is 13.2. The highest BCUT2D eigenvalue weighted by Gasteiger charge is 2.17. The molecule has 0 aliphatic carbocycles. The number of hydrogen-bond acceptors (Lipinski definition) is 4. The molecular weight excluding hydrogens is 353 g/mol. The van der Waals surface area contributed by atoms with Gasteiger partial charge in [-0.05, 0) is 35.9 Å². The van der Waals surface area contributed by atoms with E-state index in [0.29, 0.717) is 21.4 Å². The number of hydrogen-bond donors (Lipinski definition) is 2. The summed E-state index contributed by atoms with van der Waals surface area (Å²) in [5.74, 6) is 0.327. The highest BCUT2D eigenvalue weighted by atomic mass is 35.5. The number of benzene rings is 1. The maximum atomic E-state index is 12.0. The second-order valence-corrected chi connectivity index (χ2v) is 5.71. The lowest BCUT2D eigenvalue weighted by atomic mass is 10.2. The third-order valence-corrected chi connectivity index (χ3v) is 3.67. The van der Waals surface area contributed by atoms with Crippen LogP contribution in [0.2, 0.25) is 10.0 Å². The SMILES string of the molecule is O=C(/C=C/c1ccc(Cl)cc1Cl)Nc1ccc2c(n1)NC(=O)CO2. The second kappa shape index (κ2) is 6.90. The van der Waals surface area contributed by atoms with Crippen molar-refractivity contribution < 1.29 is 14.3 Å². The Bertz CT molecular complexity index is 852. The second-order valence-electron chi connectivity index (χ2n) is 4.87. The fourth-order valence-corrected chi connectivity index (χ4v) is 2.47. The van der Waals surface area contributed by atoms with E-state index in [1.54, 1.807) is 36.4 Å². The molecule has 2 N–H and O–H groups in total. The number of ether oxygens (including phenoxy) is 1. The van der Waals surface area contributed by atoms with Gasteiger partial charge in [-0.25, -0.2) is 4.98 Å². The Labute approximate surface area is 147 Å². The molecule has 1 aliphatic rings. The van der Waals surface area contributed by atoms with Gasteiger partial charge in [-0.15, -0.1) is 0 Å². The first-order chi connectivity index (χ1) is 11.5. The van der Waals surface area contributed by atoms with E-state index in [1.165, 1.54) is 6.08 Å². The van der Waals surface area contributed by atoms with E-state index >= 15 is 0 Å². The van der Waals surface area contributed by atoms with E-state index in [-0.39, 0.29) is 24.1 Å². The van der Waals surface area contributed by atoms with Crippen molar-refractivity contribution in [1.29, 1.82) is 0 Å². The van der Waals surface area contributed by atoms with Gasteiger partial charge < -0.3 is 15.4 Å². The molecule has 0 unspecified atom stereocenters. The Kier molecular flexibility index (Phi) is 4.69. The molecular formula is C16H11Cl2N3O3. The zero-order chi connectivity index (χ0) is 17.1. The van der Waals surface area contributed by atoms with Crippen LogP contribution in [-0.2, 0) is 9.59 Å². The van der Waals surface area contributed by atoms with Crippen LogP contribution >= 0.6 is 23.2 Å². The van der Waals surface area contributed by atoms with Gasteiger partial charge in [0.15, 0.2) is 18.2 Å². The van der Waals surface area contributed by atoms with Crippen LogP contribution in [0.15, 0.2) is 36.4 Å². The summed E-state index contributed by atoms with van der Waals surface area (Å²) >= 11 is 11.9. The summed E-state index contributed by atoms with van der Waals surface area (Å²) in [5.41, 5.74) is 0.662. The van der Waals surface area contributed by atoms with Crippen molar-refractivity contribution in [1.82, 2.24) is 4.98 Å². The molecule has 24 heavy (non-hydrogen) atoms. The van der Waals surface area contributed by atoms with Gasteiger partial charge >= 0.3 is 0 Å². The van der Waals surface area contributed by atoms with Crippen LogP contribution in [0.4, 0.5) is 11.6 Å². The number of amides is 2. The number of carbonyl (C=O) groups is 2. The summed E-state index contributed by atoms with van der Waals surface area (Å²) < 4.78 is 5.20. The molecule has 122 valence electrons. The Balaban J connectivity index is 1.70. The van der Waals surface area contributed by atoms with E-state index in [2.05, 4.69) is 15.6 Å². The Morgan fingerprint density at radius 2 is 2.12 bits per heavy atom. The van der Waals surface area contributed by atoms with Gasteiger partial charge in [0.25, 0.3) is 5.91 Å². The number of pyridine rings is 1. The van der Waals surface area contributed by atoms with Crippen molar-refractivity contribution in [3.05, 3.63) is 52.0 Å². The molecule has 3 rings (SSSR count). The maximum absolute atomic E-state index is 12.0. The summed E-state index contributed by atoms with van der Waals surface area (Å²) in [7, 11) is 0. The first-order valence-corrected chi connectivity index (χ1v) is 7.65. The molecule has 0 atom stereocenters. The van der Waals surface area contributed by atoms with Crippen LogP contribution < -0.4 is 15.4 Å². The molecule has 1 aromatic carbocycles. The molecule has 1 aliphatic heterocycles. The van der Waals surface area contributed by atoms with E-state index in [1.807, 2.05) is 0 Å². The van der Waals surface area contributed by atoms with E-state index < -0.39 is 5.91 Å². The molecule has 0 saturated heterocycles. The summed E-state index contributed by atoms with van der Waals surface area (Å²) in [5, 5.41) is 6.13. The van der Waals surface area contributed by atoms with Crippen molar-refractivity contribution in [3.63, 3.8) is 0 Å². The summed E-state index contributed by atoms with van der Waals surface area (Å²) in [4.78, 5) is 27.4. The molecule has 0 saturated carbocycles. The van der Waals surface area contributed by atoms with Gasteiger partial charge in [0.1, 0.15) is 5.82 Å². The van der Waals surface area contributed by atoms with Crippen molar-refractivity contribution >= 4 is 52.7 Å². The average Bonchev–Trinajstić information content (AvgIpc) is 2.53. The number of carbonyl (C=O) groups excluding carboxylic acids is 2. The Morgan fingerprint density at radius 1 is 1.29 bits per heavy atom. The Hall–Kier alpha value is -2.57. The zero-order valence-corrected chi connectivity index (χ0v) is 13.7. The molecule has 1 aromatic heterocycles. The molecule has 0 bridgehead atoms. The summed E-state index contributed by atoms with van der Waals surface area (Å²) in [6, 6.07) is 8.18. The summed E-state index contributed by atoms with van der Waals surface area (Å²) in [6.07, 6.45) is 2.89. The first kappa shape index (κ1) is 16.3. The molecule has 0 spiro atoms. The van der Waals surface area contributed by atoms with Crippen LogP contribution in [0.3, 0.4) is 0 Å². The van der Waals surface area contributed by atoms with Gasteiger partial charge in [0.05, 0.1) is 0 Å². The van der Waals surface area contributed by atoms with Gasteiger partial charge in [0, 0.05) is 16.1 Å². The minimum atomic E-state index is -0.392. The quantitative estimate of drug-likeness (QED) is 0.819. The van der Waals surface area contributed by atoms with Gasteiger partial charge in [0.2, 0.25) is 5.91 Å². The largest absolute Gasteiger partial charge is 0.480 e. The van der Waals surface area contributed by atoms with Crippen molar-refractivity contribution in [2.75, 3.05) is 17.2 Å². The molecule has 2 heterocycles. The van der Waals surface area contributed by atoms with Crippen LogP contribution in [0.25, 0.3) is 6.08 Å². The average molecular weight is 364 g/mol. The van der Waals surface area contributed by atoms with Crippen molar-refractivity contribution in [3.8, 4) is 5.75 Å². The highest BCUT2D eigenvalue weighted by molar-refractivity contribution is 6.35. The fraction of sp³-hybridized carbons (Fsp3) is 0.0625. The topological polar surface area (TPSA) is 80.3 Å². The fourth-order valence-electron chi connectivity index (χ4n) is 2.00. The predicted molar refractivity (Wildman–Crippen MR) is 92.5 cm³/mol. The number of anilines is 2. The Morgan fingerprint density at radius 3 is 2.92 bits per heavy atom. The molecule has 2 aromatic rings. The number of fused-ring (bicyclic) bond motifs is 1. The standard InChI is InChI=1S/C16H11Cl2N3O3/c17-10-3-1-9(11(18)7-10)2-6-14(22)19-13-5-4-12-16(20-13)21-15(23)8-24-12/h1-7H,8H2,(H2,19,20,21,22,23)/b6-2+. The number of aromatic nitrogens is 1. The van der Waals surface area contributed by atoms with Crippen LogP contribution in [0, 0.1) is 0 Å². The number of halogens is 2. The van der Waals surface area contributed by atoms with Gasteiger partial charge in [-0.2, -0.15) is 0 Å². The molecule has 8 heteroatoms. The molecule has 0 fully saturated rings. The third kappa shape index (κ3) is 3.84. The monoisotopic (exact) mass is 363 g/mol. The maximum Gasteiger partial charge on any atom is 0.263 e. The van der Waals surface area contributed by atoms with Crippen molar-refractivity contribution in [2.45, 2.75) is 0 Å². The van der Waals surface area contributed by atoms with Crippen LogP contribution in [0.1, 0.15) is 5.56 Å². The molecule has 6 nitrogen and oxygen atoms in total. The first-order valence-electron chi connectivity index (χ1n) is 6.89. The van der Waals surface area contributed by atoms with Crippen LogP contribution in [-0.4, -0.2) is 23.4 Å². The lowest BCUT2D eigenvalue weighted by Crippen LogP contribution is -2.26. The van der Waals surface area contributed by atoms with E-state index in [9.17, 15) is 9.59 Å². The minimum absolute atomic E-state index is 0.0506. The summed E-state index contributed by atoms with van der Waals surface area (Å²) in [6.45, 7) is -0.0506. The number of rotatable bonds is 3. The van der Waals surface area contributed by atoms with Crippen molar-refractivity contribution in [2.24, 2.45) is 0 Å². The lowest BCUT2D eigenvalue weighted by Gasteiger charge is -2.17. The third-order valence-electron chi connectivity index (χ3n) is 3.10. The lowest BCUT2D eigenvalue weighted by molar-refractivity contribution is -0.118. The predicted octanol–water partition coefficient (Wildman–Crippen LogP) is 3.37. The smallest absolute Gasteiger partial charge is 0.263 e. The van der Waals surface area contributed by atoms with Gasteiger partial charge in [-0.3, -0.25) is 9.59 Å². The number of nitrogens with one attached hydrogen (secondary N) is 2. The van der Waals surface area contributed by atoms with Crippen LogP contribution in [0.5, 0.6) is 5.75 Å². The van der Waals surface area contributed by atoms with E-state index in [0.717, 1.165) is 0 Å². The molecule has 2 amide bonds. The van der Waals surface area contributed by atoms with Gasteiger partial charge in [-0.1, -0.05) is 29.3 Å². The minimum Gasteiger partial charge on any atom is -0.480 e. The van der Waals surface area contributed by atoms with E-state index in [4.69, 9.17) is 27.9 Å². The number of nitrogens with zero attached hydrogens (tertiary/aromatic N) is 1. The zero-order valence-electron chi connectivity index (χ0n) is 12.2. The molecule has 0 radical (unpaired) electrons.